The zero-order valence-electron chi connectivity index (χ0n) is 19.3. The van der Waals surface area contributed by atoms with Crippen LogP contribution >= 0.6 is 11.8 Å². The van der Waals surface area contributed by atoms with Gasteiger partial charge in [0.1, 0.15) is 37.6 Å². The fraction of sp³-hybridized carbons (Fsp3) is 0.308. The lowest BCUT2D eigenvalue weighted by atomic mass is 10.2. The summed E-state index contributed by atoms with van der Waals surface area (Å²) in [5.41, 5.74) is 4.61. The number of anilines is 2. The molecule has 2 aromatic carbocycles. The van der Waals surface area contributed by atoms with Crippen LogP contribution in [0.4, 0.5) is 11.6 Å². The Hall–Kier alpha value is -2.83. The van der Waals surface area contributed by atoms with E-state index in [1.54, 1.807) is 0 Å². The lowest BCUT2D eigenvalue weighted by Crippen LogP contribution is -2.57. The van der Waals surface area contributed by atoms with Crippen molar-refractivity contribution in [1.29, 1.82) is 0 Å². The number of thioether (sulfide) groups is 1. The molecular formula is C26H31N5S+2. The molecule has 0 N–H and O–H groups in total. The molecule has 1 fully saturated rings. The van der Waals surface area contributed by atoms with Gasteiger partial charge in [-0.1, -0.05) is 47.1 Å². The summed E-state index contributed by atoms with van der Waals surface area (Å²) in [6.07, 6.45) is 2.22. The van der Waals surface area contributed by atoms with E-state index in [1.807, 2.05) is 11.8 Å². The molecule has 5 rings (SSSR count). The van der Waals surface area contributed by atoms with Crippen molar-refractivity contribution in [2.75, 3.05) is 57.1 Å². The number of nitrogens with zero attached hydrogens (tertiary/aromatic N) is 5. The third-order valence-electron chi connectivity index (χ3n) is 6.43. The third kappa shape index (κ3) is 4.00. The van der Waals surface area contributed by atoms with E-state index >= 15 is 0 Å². The molecule has 5 nitrogen and oxygen atoms in total. The molecule has 3 aromatic rings. The van der Waals surface area contributed by atoms with Gasteiger partial charge in [0.15, 0.2) is 0 Å². The van der Waals surface area contributed by atoms with Gasteiger partial charge in [0.2, 0.25) is 0 Å². The Morgan fingerprint density at radius 3 is 2.41 bits per heavy atom. The summed E-state index contributed by atoms with van der Waals surface area (Å²) in [4.78, 5) is 11.2. The van der Waals surface area contributed by atoms with Crippen molar-refractivity contribution >= 4 is 29.5 Å². The number of piperazine rings is 1. The van der Waals surface area contributed by atoms with Gasteiger partial charge in [0.25, 0.3) is 0 Å². The summed E-state index contributed by atoms with van der Waals surface area (Å²) in [5.74, 6) is 1.03. The maximum absolute atomic E-state index is 5.21. The van der Waals surface area contributed by atoms with Gasteiger partial charge in [-0.3, -0.25) is 0 Å². The molecule has 0 bridgehead atoms. The SMILES string of the molecule is Cc1cc(/C=C2\Sc3ccccc3N2C)nc(N2CC[N+](C)(C)CC2)[n+]1-c1ccccc1. The maximum atomic E-state index is 5.21. The number of benzene rings is 2. The van der Waals surface area contributed by atoms with Gasteiger partial charge in [0.05, 0.1) is 30.5 Å². The number of para-hydroxylation sites is 2. The lowest BCUT2D eigenvalue weighted by molar-refractivity contribution is -0.890. The molecule has 0 saturated carbocycles. The second kappa shape index (κ2) is 8.26. The molecule has 2 aliphatic heterocycles. The Morgan fingerprint density at radius 1 is 1.00 bits per heavy atom. The summed E-state index contributed by atoms with van der Waals surface area (Å²) in [5, 5.41) is 1.21. The molecule has 2 aliphatic rings. The smallest absolute Gasteiger partial charge is 0.338 e. The molecular weight excluding hydrogens is 414 g/mol. The zero-order chi connectivity index (χ0) is 22.3. The van der Waals surface area contributed by atoms with Crippen molar-refractivity contribution in [3.05, 3.63) is 77.1 Å². The van der Waals surface area contributed by atoms with Crippen molar-refractivity contribution in [2.24, 2.45) is 0 Å². The predicted molar refractivity (Wildman–Crippen MR) is 133 cm³/mol. The van der Waals surface area contributed by atoms with Crippen LogP contribution in [0.2, 0.25) is 0 Å². The van der Waals surface area contributed by atoms with Crippen LogP contribution in [0, 0.1) is 6.92 Å². The summed E-state index contributed by atoms with van der Waals surface area (Å²) >= 11 is 1.81. The highest BCUT2D eigenvalue weighted by Gasteiger charge is 2.33. The summed E-state index contributed by atoms with van der Waals surface area (Å²) in [6.45, 7) is 6.44. The highest BCUT2D eigenvalue weighted by atomic mass is 32.2. The number of fused-ring (bicyclic) bond motifs is 1. The zero-order valence-corrected chi connectivity index (χ0v) is 20.1. The first kappa shape index (κ1) is 21.0. The molecule has 0 unspecified atom stereocenters. The second-order valence-corrected chi connectivity index (χ2v) is 10.3. The maximum Gasteiger partial charge on any atom is 0.400 e. The summed E-state index contributed by atoms with van der Waals surface area (Å²) in [7, 11) is 6.76. The summed E-state index contributed by atoms with van der Waals surface area (Å²) in [6, 6.07) is 21.3. The average molecular weight is 446 g/mol. The fourth-order valence-electron chi connectivity index (χ4n) is 4.40. The van der Waals surface area contributed by atoms with Crippen molar-refractivity contribution in [1.82, 2.24) is 4.98 Å². The van der Waals surface area contributed by atoms with Gasteiger partial charge in [-0.15, -0.1) is 0 Å². The molecule has 32 heavy (non-hydrogen) atoms. The monoisotopic (exact) mass is 445 g/mol. The van der Waals surface area contributed by atoms with Crippen LogP contribution in [0.25, 0.3) is 11.8 Å². The van der Waals surface area contributed by atoms with Crippen LogP contribution in [0.1, 0.15) is 11.4 Å². The number of aromatic nitrogens is 2. The van der Waals surface area contributed by atoms with Gasteiger partial charge in [-0.25, -0.2) is 4.90 Å². The molecule has 6 heteroatoms. The van der Waals surface area contributed by atoms with Crippen LogP contribution < -0.4 is 14.4 Å². The van der Waals surface area contributed by atoms with E-state index in [9.17, 15) is 0 Å². The molecule has 1 aromatic heterocycles. The van der Waals surface area contributed by atoms with E-state index in [0.717, 1.165) is 48.0 Å². The van der Waals surface area contributed by atoms with Crippen LogP contribution in [0.5, 0.6) is 0 Å². The molecule has 0 amide bonds. The van der Waals surface area contributed by atoms with Crippen molar-refractivity contribution in [2.45, 2.75) is 11.8 Å². The van der Waals surface area contributed by atoms with E-state index in [2.05, 4.69) is 109 Å². The van der Waals surface area contributed by atoms with E-state index in [-0.39, 0.29) is 0 Å². The Balaban J connectivity index is 1.57. The number of aryl methyl sites for hydroxylation is 1. The van der Waals surface area contributed by atoms with Crippen LogP contribution in [-0.4, -0.2) is 56.8 Å². The normalized spacial score (nSPS) is 18.8. The van der Waals surface area contributed by atoms with E-state index < -0.39 is 0 Å². The highest BCUT2D eigenvalue weighted by molar-refractivity contribution is 8.03. The minimum absolute atomic E-state index is 1.01. The Labute approximate surface area is 195 Å². The van der Waals surface area contributed by atoms with Gasteiger partial charge >= 0.3 is 5.95 Å². The fourth-order valence-corrected chi connectivity index (χ4v) is 5.49. The third-order valence-corrected chi connectivity index (χ3v) is 7.60. The number of quaternary nitrogens is 1. The lowest BCUT2D eigenvalue weighted by Gasteiger charge is -2.36. The quantitative estimate of drug-likeness (QED) is 0.447. The van der Waals surface area contributed by atoms with E-state index in [1.165, 1.54) is 21.3 Å². The molecule has 3 heterocycles. The average Bonchev–Trinajstić information content (AvgIpc) is 3.09. The first-order valence-electron chi connectivity index (χ1n) is 11.2. The largest absolute Gasteiger partial charge is 0.400 e. The number of hydrogen-bond donors (Lipinski definition) is 0. The Kier molecular flexibility index (Phi) is 5.43. The minimum Gasteiger partial charge on any atom is -0.338 e. The number of hydrogen-bond acceptors (Lipinski definition) is 4. The van der Waals surface area contributed by atoms with Crippen LogP contribution in [0.15, 0.2) is 70.6 Å². The molecule has 0 radical (unpaired) electrons. The van der Waals surface area contributed by atoms with Crippen molar-refractivity contribution < 1.29 is 9.05 Å². The van der Waals surface area contributed by atoms with Crippen molar-refractivity contribution in [3.63, 3.8) is 0 Å². The highest BCUT2D eigenvalue weighted by Crippen LogP contribution is 2.45. The molecule has 0 aliphatic carbocycles. The molecule has 1 saturated heterocycles. The molecule has 164 valence electrons. The number of likely N-dealkylation sites (N-methyl/N-ethyl adjacent to an activating group) is 1. The second-order valence-electron chi connectivity index (χ2n) is 9.27. The first-order valence-corrected chi connectivity index (χ1v) is 12.0. The van der Waals surface area contributed by atoms with Gasteiger partial charge in [0, 0.05) is 24.1 Å². The van der Waals surface area contributed by atoms with Gasteiger partial charge < -0.3 is 9.38 Å². The Bertz CT molecular complexity index is 1160. The van der Waals surface area contributed by atoms with Crippen LogP contribution in [0.3, 0.4) is 0 Å². The minimum atomic E-state index is 1.01. The topological polar surface area (TPSA) is 23.3 Å². The number of rotatable bonds is 3. The Morgan fingerprint density at radius 2 is 1.69 bits per heavy atom. The standard InChI is InChI=1S/C26H31N5S/c1-20-18-21(19-25-28(2)23-12-8-9-13-24(23)32-25)27-26(29-14-16-31(3,4)17-15-29)30(20)22-10-6-5-7-11-22/h5-13,18-19H,14-17H2,1-4H3/q+2. The molecule has 0 spiro atoms. The van der Waals surface area contributed by atoms with Gasteiger partial charge in [-0.05, 0) is 31.2 Å². The van der Waals surface area contributed by atoms with E-state index in [0.29, 0.717) is 0 Å². The van der Waals surface area contributed by atoms with Crippen molar-refractivity contribution in [3.8, 4) is 5.69 Å². The first-order chi connectivity index (χ1) is 15.4. The van der Waals surface area contributed by atoms with E-state index in [4.69, 9.17) is 4.98 Å². The molecule has 0 atom stereocenters. The predicted octanol–water partition coefficient (Wildman–Crippen LogP) is 4.10. The summed E-state index contributed by atoms with van der Waals surface area (Å²) < 4.78 is 3.36. The van der Waals surface area contributed by atoms with Crippen LogP contribution in [-0.2, 0) is 0 Å². The van der Waals surface area contributed by atoms with Gasteiger partial charge in [-0.2, -0.15) is 4.57 Å².